The Bertz CT molecular complexity index is 1250. The van der Waals surface area contributed by atoms with Crippen LogP contribution in [0.3, 0.4) is 0 Å². The molecule has 3 aromatic carbocycles. The third-order valence-corrected chi connectivity index (χ3v) is 4.56. The first-order valence-electron chi connectivity index (χ1n) is 8.44. The van der Waals surface area contributed by atoms with Gasteiger partial charge in [-0.3, -0.25) is 10.1 Å². The number of rotatable bonds is 4. The molecule has 28 heavy (non-hydrogen) atoms. The lowest BCUT2D eigenvalue weighted by atomic mass is 10.0. The van der Waals surface area contributed by atoms with Gasteiger partial charge in [-0.1, -0.05) is 0 Å². The van der Waals surface area contributed by atoms with Crippen LogP contribution < -0.4 is 11.1 Å². The fourth-order valence-electron chi connectivity index (χ4n) is 3.18. The number of fused-ring (bicyclic) bond motifs is 2. The molecule has 1 aromatic heterocycles. The maximum atomic E-state index is 11.3. The summed E-state index contributed by atoms with van der Waals surface area (Å²) in [5, 5.41) is 19.1. The molecule has 1 heterocycles. The van der Waals surface area contributed by atoms with Gasteiger partial charge in [-0.2, -0.15) is 0 Å². The van der Waals surface area contributed by atoms with E-state index >= 15 is 0 Å². The molecule has 4 aromatic rings. The van der Waals surface area contributed by atoms with Crippen LogP contribution in [0.4, 0.5) is 28.4 Å². The summed E-state index contributed by atoms with van der Waals surface area (Å²) in [6, 6.07) is 15.3. The van der Waals surface area contributed by atoms with Gasteiger partial charge in [0.2, 0.25) is 0 Å². The number of nitro benzene ring substituents is 1. The summed E-state index contributed by atoms with van der Waals surface area (Å²) >= 11 is 0. The molecule has 0 saturated heterocycles. The maximum absolute atomic E-state index is 11.3. The van der Waals surface area contributed by atoms with Gasteiger partial charge in [0.15, 0.2) is 0 Å². The zero-order chi connectivity index (χ0) is 19.8. The lowest BCUT2D eigenvalue weighted by Crippen LogP contribution is -1.98. The average molecular weight is 373 g/mol. The highest BCUT2D eigenvalue weighted by Crippen LogP contribution is 2.37. The molecule has 0 aliphatic heterocycles. The van der Waals surface area contributed by atoms with Crippen molar-refractivity contribution in [1.29, 1.82) is 0 Å². The van der Waals surface area contributed by atoms with Gasteiger partial charge in [0.25, 0.3) is 5.69 Å². The molecule has 0 spiro atoms. The molecule has 0 atom stereocenters. The average Bonchev–Trinajstić information content (AvgIpc) is 2.68. The number of benzene rings is 3. The van der Waals surface area contributed by atoms with Gasteiger partial charge in [0, 0.05) is 33.8 Å². The highest BCUT2D eigenvalue weighted by atomic mass is 16.6. The number of hydrogen-bond acceptors (Lipinski definition) is 7. The van der Waals surface area contributed by atoms with Crippen molar-refractivity contribution in [2.45, 2.75) is 6.92 Å². The van der Waals surface area contributed by atoms with Crippen molar-refractivity contribution in [3.63, 3.8) is 0 Å². The Morgan fingerprint density at radius 1 is 1.04 bits per heavy atom. The van der Waals surface area contributed by atoms with E-state index in [-0.39, 0.29) is 11.4 Å². The lowest BCUT2D eigenvalue weighted by Gasteiger charge is -2.14. The van der Waals surface area contributed by atoms with Crippen molar-refractivity contribution >= 4 is 50.2 Å². The molecular formula is C20H15N5O3. The molecule has 0 aliphatic carbocycles. The number of nitro groups is 1. The van der Waals surface area contributed by atoms with E-state index in [9.17, 15) is 15.0 Å². The van der Waals surface area contributed by atoms with Gasteiger partial charge in [0.1, 0.15) is 5.69 Å². The van der Waals surface area contributed by atoms with Gasteiger partial charge in [-0.25, -0.2) is 4.98 Å². The fourth-order valence-corrected chi connectivity index (χ4v) is 3.18. The third kappa shape index (κ3) is 2.96. The standard InChI is InChI=1S/C20H15N5O3/c1-11-8-16-18(10-19(11)25(27)28)23-17-9-14(24-26)6-7-15(17)20(16)22-13-4-2-12(21)3-5-13/h2-10H,21H2,1H3,(H,22,23). The summed E-state index contributed by atoms with van der Waals surface area (Å²) in [4.78, 5) is 26.3. The van der Waals surface area contributed by atoms with Crippen LogP contribution in [0.15, 0.2) is 59.8 Å². The van der Waals surface area contributed by atoms with E-state index in [2.05, 4.69) is 15.5 Å². The van der Waals surface area contributed by atoms with Crippen LogP contribution in [0.25, 0.3) is 21.8 Å². The zero-order valence-electron chi connectivity index (χ0n) is 14.8. The Labute approximate surface area is 159 Å². The minimum absolute atomic E-state index is 0.0116. The molecule has 3 N–H and O–H groups in total. The maximum Gasteiger partial charge on any atom is 0.274 e. The monoisotopic (exact) mass is 373 g/mol. The van der Waals surface area contributed by atoms with E-state index in [1.807, 2.05) is 12.1 Å². The largest absolute Gasteiger partial charge is 0.399 e. The first kappa shape index (κ1) is 17.3. The molecule has 0 aliphatic rings. The quantitative estimate of drug-likeness (QED) is 0.164. The second-order valence-electron chi connectivity index (χ2n) is 6.44. The fraction of sp³-hybridized carbons (Fsp3) is 0.0500. The van der Waals surface area contributed by atoms with Crippen molar-refractivity contribution in [1.82, 2.24) is 4.98 Å². The third-order valence-electron chi connectivity index (χ3n) is 4.56. The number of aryl methyl sites for hydroxylation is 1. The van der Waals surface area contributed by atoms with E-state index in [1.54, 1.807) is 43.3 Å². The summed E-state index contributed by atoms with van der Waals surface area (Å²) < 4.78 is 0. The first-order valence-corrected chi connectivity index (χ1v) is 8.44. The Morgan fingerprint density at radius 3 is 2.43 bits per heavy atom. The number of nitrogens with one attached hydrogen (secondary N) is 1. The normalized spacial score (nSPS) is 10.9. The number of anilines is 3. The van der Waals surface area contributed by atoms with E-state index < -0.39 is 4.92 Å². The predicted molar refractivity (Wildman–Crippen MR) is 110 cm³/mol. The number of nitrogens with zero attached hydrogens (tertiary/aromatic N) is 3. The molecule has 0 unspecified atom stereocenters. The van der Waals surface area contributed by atoms with E-state index in [4.69, 9.17) is 5.73 Å². The molecule has 0 fully saturated rings. The van der Waals surface area contributed by atoms with E-state index in [1.165, 1.54) is 6.07 Å². The molecule has 4 rings (SSSR count). The summed E-state index contributed by atoms with van der Waals surface area (Å²) in [5.74, 6) is 0. The summed E-state index contributed by atoms with van der Waals surface area (Å²) in [5.41, 5.74) is 9.66. The zero-order valence-corrected chi connectivity index (χ0v) is 14.8. The minimum atomic E-state index is -0.433. The van der Waals surface area contributed by atoms with Crippen LogP contribution in [0.1, 0.15) is 5.56 Å². The summed E-state index contributed by atoms with van der Waals surface area (Å²) in [6.07, 6.45) is 0. The molecule has 138 valence electrons. The van der Waals surface area contributed by atoms with Gasteiger partial charge in [0.05, 0.1) is 21.6 Å². The highest BCUT2D eigenvalue weighted by molar-refractivity contribution is 6.09. The number of nitrogens with two attached hydrogens (primary N) is 1. The lowest BCUT2D eigenvalue weighted by molar-refractivity contribution is -0.385. The number of hydrogen-bond donors (Lipinski definition) is 2. The van der Waals surface area contributed by atoms with Crippen LogP contribution in [0.2, 0.25) is 0 Å². The smallest absolute Gasteiger partial charge is 0.274 e. The van der Waals surface area contributed by atoms with E-state index in [0.717, 1.165) is 22.1 Å². The van der Waals surface area contributed by atoms with Gasteiger partial charge >= 0.3 is 0 Å². The molecule has 0 saturated carbocycles. The van der Waals surface area contributed by atoms with Crippen LogP contribution in [0, 0.1) is 21.9 Å². The van der Waals surface area contributed by atoms with Gasteiger partial charge < -0.3 is 11.1 Å². The van der Waals surface area contributed by atoms with Crippen LogP contribution in [-0.2, 0) is 0 Å². The van der Waals surface area contributed by atoms with Crippen LogP contribution in [0.5, 0.6) is 0 Å². The Morgan fingerprint density at radius 2 is 1.75 bits per heavy atom. The molecule has 0 amide bonds. The highest BCUT2D eigenvalue weighted by Gasteiger charge is 2.17. The molecule has 0 bridgehead atoms. The van der Waals surface area contributed by atoms with Crippen molar-refractivity contribution in [2.24, 2.45) is 5.18 Å². The Hall–Kier alpha value is -4.07. The molecule has 8 heteroatoms. The van der Waals surface area contributed by atoms with Crippen LogP contribution >= 0.6 is 0 Å². The summed E-state index contributed by atoms with van der Waals surface area (Å²) in [7, 11) is 0. The molecular weight excluding hydrogens is 358 g/mol. The topological polar surface area (TPSA) is 124 Å². The number of pyridine rings is 1. The Kier molecular flexibility index (Phi) is 4.08. The number of nitroso groups, excluding NO2 is 1. The first-order chi connectivity index (χ1) is 13.5. The molecule has 8 nitrogen and oxygen atoms in total. The second-order valence-corrected chi connectivity index (χ2v) is 6.44. The number of aromatic nitrogens is 1. The minimum Gasteiger partial charge on any atom is -0.399 e. The van der Waals surface area contributed by atoms with Crippen molar-refractivity contribution < 1.29 is 4.92 Å². The predicted octanol–water partition coefficient (Wildman–Crippen LogP) is 5.33. The van der Waals surface area contributed by atoms with Crippen LogP contribution in [-0.4, -0.2) is 9.91 Å². The van der Waals surface area contributed by atoms with Crippen molar-refractivity contribution in [2.75, 3.05) is 11.1 Å². The van der Waals surface area contributed by atoms with E-state index in [0.29, 0.717) is 22.3 Å². The second kappa shape index (κ2) is 6.58. The van der Waals surface area contributed by atoms with Gasteiger partial charge in [-0.05, 0) is 60.6 Å². The van der Waals surface area contributed by atoms with Crippen molar-refractivity contribution in [3.8, 4) is 0 Å². The van der Waals surface area contributed by atoms with Crippen molar-refractivity contribution in [3.05, 3.63) is 75.2 Å². The summed E-state index contributed by atoms with van der Waals surface area (Å²) in [6.45, 7) is 1.69. The Balaban J connectivity index is 2.03. The molecule has 0 radical (unpaired) electrons. The number of nitrogen functional groups attached to an aromatic ring is 1. The SMILES string of the molecule is Cc1cc2c(Nc3ccc(N)cc3)c3ccc(N=O)cc3nc2cc1[N+](=O)[O-]. The van der Waals surface area contributed by atoms with Gasteiger partial charge in [-0.15, -0.1) is 4.91 Å².